The number of carbonyl (C=O) groups is 5. The zero-order valence-electron chi connectivity index (χ0n) is 33.4. The van der Waals surface area contributed by atoms with Crippen LogP contribution in [-0.2, 0) is 47.0 Å². The van der Waals surface area contributed by atoms with Gasteiger partial charge in [0.05, 0.1) is 36.4 Å². The van der Waals surface area contributed by atoms with Gasteiger partial charge in [-0.1, -0.05) is 66.5 Å². The summed E-state index contributed by atoms with van der Waals surface area (Å²) < 4.78 is 39.5. The molecule has 5 aliphatic rings. The van der Waals surface area contributed by atoms with Crippen molar-refractivity contribution in [2.45, 2.75) is 136 Å². The average molecular weight is 786 g/mol. The van der Waals surface area contributed by atoms with E-state index in [1.54, 1.807) is 25.7 Å². The van der Waals surface area contributed by atoms with Crippen molar-refractivity contribution in [3.05, 3.63) is 29.3 Å². The van der Waals surface area contributed by atoms with E-state index in [4.69, 9.17) is 9.47 Å². The predicted octanol–water partition coefficient (Wildman–Crippen LogP) is 4.88. The van der Waals surface area contributed by atoms with Gasteiger partial charge in [-0.3, -0.25) is 24.0 Å². The molecule has 55 heavy (non-hydrogen) atoms. The molecule has 3 heterocycles. The fraction of sp³-hybridized carbons (Fsp3) is 0.725. The number of amides is 4. The van der Waals surface area contributed by atoms with Crippen LogP contribution in [-0.4, -0.2) is 98.2 Å². The highest BCUT2D eigenvalue weighted by Gasteiger charge is 2.62. The zero-order valence-corrected chi connectivity index (χ0v) is 34.3. The van der Waals surface area contributed by atoms with E-state index in [0.717, 1.165) is 42.6 Å². The van der Waals surface area contributed by atoms with Gasteiger partial charge in [0.1, 0.15) is 12.1 Å². The Morgan fingerprint density at radius 2 is 1.80 bits per heavy atom. The zero-order chi connectivity index (χ0) is 40.1. The highest BCUT2D eigenvalue weighted by atomic mass is 32.2. The smallest absolute Gasteiger partial charge is 0.410 e. The number of alkyl carbamates (subject to hydrolysis) is 1. The first-order chi connectivity index (χ1) is 25.7. The van der Waals surface area contributed by atoms with Crippen LogP contribution in [0.3, 0.4) is 0 Å². The lowest BCUT2D eigenvalue weighted by atomic mass is 9.85. The lowest BCUT2D eigenvalue weighted by molar-refractivity contribution is -0.142. The number of carbonyl (C=O) groups excluding carboxylic acids is 5. The number of fused-ring (bicyclic) bond motifs is 3. The Morgan fingerprint density at radius 3 is 2.45 bits per heavy atom. The first-order valence-electron chi connectivity index (χ1n) is 19.8. The summed E-state index contributed by atoms with van der Waals surface area (Å²) in [5.74, 6) is -1.84. The fourth-order valence-electron chi connectivity index (χ4n) is 8.53. The van der Waals surface area contributed by atoms with Crippen LogP contribution in [0.5, 0.6) is 0 Å². The minimum absolute atomic E-state index is 0.00451. The highest BCUT2D eigenvalue weighted by molar-refractivity contribution is 7.90. The molecule has 0 spiro atoms. The number of benzene rings is 1. The normalized spacial score (nSPS) is 29.1. The lowest BCUT2D eigenvalue weighted by Gasteiger charge is -2.35. The van der Waals surface area contributed by atoms with Crippen molar-refractivity contribution in [1.29, 1.82) is 0 Å². The Labute approximate surface area is 325 Å². The molecule has 2 N–H and O–H groups in total. The SMILES string of the molecule is CC[C@H]1C[C@@]1(CC(=O)C1C[C@@H]2CN1C(=O)[C@H](C(C)(C)C)NC(=O)OCC(C)(C)CCCCN(C)c1cccc3c1CN(C3)C(=O)O2)C(=O)NS(=O)(=O)C1CC1. The molecule has 2 aliphatic carbocycles. The molecule has 4 amide bonds. The van der Waals surface area contributed by atoms with Crippen LogP contribution in [0.4, 0.5) is 15.3 Å². The molecular formula is C40H59N5O9S. The van der Waals surface area contributed by atoms with E-state index in [0.29, 0.717) is 38.8 Å². The van der Waals surface area contributed by atoms with E-state index in [9.17, 15) is 32.4 Å². The van der Waals surface area contributed by atoms with Gasteiger partial charge in [-0.15, -0.1) is 0 Å². The van der Waals surface area contributed by atoms with Crippen molar-refractivity contribution in [2.75, 3.05) is 31.6 Å². The minimum atomic E-state index is -3.84. The molecule has 1 unspecified atom stereocenters. The topological polar surface area (TPSA) is 172 Å². The van der Waals surface area contributed by atoms with Crippen molar-refractivity contribution in [3.63, 3.8) is 0 Å². The van der Waals surface area contributed by atoms with Crippen LogP contribution in [0.15, 0.2) is 18.2 Å². The number of hydrogen-bond donors (Lipinski definition) is 2. The fourth-order valence-corrected chi connectivity index (χ4v) is 9.92. The standard InChI is InChI=1S/C40H59N5O9S/c1-8-26-19-40(26,35(48)42-55(51,52)28-14-15-28)20-32(46)31-18-27-22-45(31)34(47)33(38(2,3)4)41-36(49)53-24-39(5,6)16-9-10-17-43(7)30-13-11-12-25-21-44(23-29(25)30)37(50)54-27/h11-13,26-28,31,33H,8-10,14-24H2,1-7H3,(H,41,49)(H,42,48)/t26-,27+,31?,33+,40-/m0/s1. The van der Waals surface area contributed by atoms with E-state index >= 15 is 0 Å². The molecule has 1 saturated heterocycles. The van der Waals surface area contributed by atoms with Gasteiger partial charge in [-0.05, 0) is 66.0 Å². The van der Waals surface area contributed by atoms with E-state index in [-0.39, 0.29) is 37.3 Å². The summed E-state index contributed by atoms with van der Waals surface area (Å²) in [4.78, 5) is 74.9. The Bertz CT molecular complexity index is 1810. The molecule has 0 aromatic heterocycles. The van der Waals surface area contributed by atoms with Gasteiger partial charge in [0.25, 0.3) is 0 Å². The maximum Gasteiger partial charge on any atom is 0.410 e. The predicted molar refractivity (Wildman–Crippen MR) is 205 cm³/mol. The summed E-state index contributed by atoms with van der Waals surface area (Å²) in [5, 5.41) is 2.18. The van der Waals surface area contributed by atoms with E-state index in [1.165, 1.54) is 4.90 Å². The van der Waals surface area contributed by atoms with Gasteiger partial charge in [-0.2, -0.15) is 0 Å². The van der Waals surface area contributed by atoms with Gasteiger partial charge < -0.3 is 24.6 Å². The minimum Gasteiger partial charge on any atom is -0.449 e. The van der Waals surface area contributed by atoms with Crippen molar-refractivity contribution < 1.29 is 41.9 Å². The maximum atomic E-state index is 14.6. The van der Waals surface area contributed by atoms with E-state index in [2.05, 4.69) is 21.0 Å². The molecule has 15 heteroatoms. The molecule has 6 rings (SSSR count). The van der Waals surface area contributed by atoms with E-state index in [1.807, 2.05) is 40.0 Å². The Balaban J connectivity index is 1.28. The third-order valence-electron chi connectivity index (χ3n) is 12.2. The van der Waals surface area contributed by atoms with Gasteiger partial charge in [0.15, 0.2) is 5.78 Å². The molecule has 3 aliphatic heterocycles. The van der Waals surface area contributed by atoms with Crippen LogP contribution in [0, 0.1) is 22.2 Å². The summed E-state index contributed by atoms with van der Waals surface area (Å²) >= 11 is 0. The van der Waals surface area contributed by atoms with Gasteiger partial charge in [-0.25, -0.2) is 18.0 Å². The van der Waals surface area contributed by atoms with Crippen LogP contribution in [0.2, 0.25) is 0 Å². The van der Waals surface area contributed by atoms with Crippen LogP contribution in [0.25, 0.3) is 0 Å². The molecule has 5 atom stereocenters. The van der Waals surface area contributed by atoms with Gasteiger partial charge in [0.2, 0.25) is 21.8 Å². The quantitative estimate of drug-likeness (QED) is 0.388. The summed E-state index contributed by atoms with van der Waals surface area (Å²) in [6.45, 7) is 13.0. The largest absolute Gasteiger partial charge is 0.449 e. The molecule has 1 aromatic rings. The molecule has 14 nitrogen and oxygen atoms in total. The molecule has 3 fully saturated rings. The van der Waals surface area contributed by atoms with Crippen molar-refractivity contribution >= 4 is 45.5 Å². The van der Waals surface area contributed by atoms with Crippen LogP contribution in [0.1, 0.15) is 110 Å². The van der Waals surface area contributed by atoms with E-state index < -0.39 is 74.1 Å². The number of sulfonamides is 1. The van der Waals surface area contributed by atoms with Crippen molar-refractivity contribution in [3.8, 4) is 0 Å². The summed E-state index contributed by atoms with van der Waals surface area (Å²) in [6, 6.07) is 3.87. The first kappa shape index (κ1) is 40.8. The molecule has 2 saturated carbocycles. The monoisotopic (exact) mass is 785 g/mol. The number of rotatable bonds is 7. The van der Waals surface area contributed by atoms with Gasteiger partial charge >= 0.3 is 12.2 Å². The molecule has 304 valence electrons. The first-order valence-corrected chi connectivity index (χ1v) is 21.4. The Morgan fingerprint density at radius 1 is 1.07 bits per heavy atom. The van der Waals surface area contributed by atoms with Crippen LogP contribution < -0.4 is 14.9 Å². The number of ketones is 1. The number of ether oxygens (including phenoxy) is 2. The lowest BCUT2D eigenvalue weighted by Crippen LogP contribution is -2.57. The second-order valence-electron chi connectivity index (χ2n) is 18.4. The van der Waals surface area contributed by atoms with Crippen molar-refractivity contribution in [1.82, 2.24) is 19.8 Å². The third-order valence-corrected chi connectivity index (χ3v) is 14.1. The van der Waals surface area contributed by atoms with Crippen LogP contribution >= 0.6 is 0 Å². The molecule has 0 radical (unpaired) electrons. The number of anilines is 1. The molecular weight excluding hydrogens is 727 g/mol. The number of nitrogens with one attached hydrogen (secondary N) is 2. The van der Waals surface area contributed by atoms with Gasteiger partial charge in [0, 0.05) is 38.7 Å². The second-order valence-corrected chi connectivity index (χ2v) is 20.3. The number of hydrogen-bond acceptors (Lipinski definition) is 10. The second kappa shape index (κ2) is 15.2. The summed E-state index contributed by atoms with van der Waals surface area (Å²) in [6.07, 6.45) is 2.10. The highest BCUT2D eigenvalue weighted by Crippen LogP contribution is 2.58. The Kier molecular flexibility index (Phi) is 11.3. The average Bonchev–Trinajstić information content (AvgIpc) is 4.00. The summed E-state index contributed by atoms with van der Waals surface area (Å²) in [5.41, 5.74) is 0.784. The van der Waals surface area contributed by atoms with Crippen molar-refractivity contribution in [2.24, 2.45) is 22.2 Å². The maximum absolute atomic E-state index is 14.6. The Hall–Kier alpha value is -3.88. The number of Topliss-reactive ketones (excluding diaryl/α,β-unsaturated/α-hetero) is 1. The molecule has 1 aromatic carbocycles. The number of cyclic esters (lactones) is 1. The third kappa shape index (κ3) is 8.91. The summed E-state index contributed by atoms with van der Waals surface area (Å²) in [7, 11) is -1.80. The number of nitrogens with zero attached hydrogens (tertiary/aromatic N) is 3. The molecule has 4 bridgehead atoms.